The molecule has 0 atom stereocenters. The highest BCUT2D eigenvalue weighted by Gasteiger charge is 2.20. The Bertz CT molecular complexity index is 651. The number of nitro groups is 1. The third-order valence-electron chi connectivity index (χ3n) is 5.46. The molecule has 1 aliphatic heterocycles. The first-order chi connectivity index (χ1) is 14.1. The molecule has 1 amide bonds. The zero-order chi connectivity index (χ0) is 21.1. The average molecular weight is 405 g/mol. The zero-order valence-electron chi connectivity index (χ0n) is 18.0. The Labute approximate surface area is 174 Å². The number of benzene rings is 1. The van der Waals surface area contributed by atoms with Gasteiger partial charge in [0.1, 0.15) is 5.69 Å². The van der Waals surface area contributed by atoms with Crippen molar-refractivity contribution in [1.29, 1.82) is 0 Å². The molecular formula is C22H36N4O3. The number of hydrogen-bond acceptors (Lipinski definition) is 5. The van der Waals surface area contributed by atoms with Crippen LogP contribution in [0, 0.1) is 10.1 Å². The molecule has 0 aliphatic carbocycles. The van der Waals surface area contributed by atoms with Crippen LogP contribution in [0.15, 0.2) is 18.2 Å². The van der Waals surface area contributed by atoms with Crippen LogP contribution < -0.4 is 5.32 Å². The SMILES string of the molecule is CCCCN(CCCC)C(=O)c1ccc([N+](=O)[O-])c(NCCCN2CCCC2)c1. The Kier molecular flexibility index (Phi) is 9.91. The summed E-state index contributed by atoms with van der Waals surface area (Å²) in [5.41, 5.74) is 0.981. The largest absolute Gasteiger partial charge is 0.379 e. The van der Waals surface area contributed by atoms with Crippen molar-refractivity contribution in [1.82, 2.24) is 9.80 Å². The fourth-order valence-corrected chi connectivity index (χ4v) is 3.70. The summed E-state index contributed by atoms with van der Waals surface area (Å²) in [5.74, 6) is -0.0399. The highest BCUT2D eigenvalue weighted by molar-refractivity contribution is 5.96. The van der Waals surface area contributed by atoms with E-state index in [4.69, 9.17) is 0 Å². The second-order valence-corrected chi connectivity index (χ2v) is 7.82. The van der Waals surface area contributed by atoms with E-state index in [1.165, 1.54) is 18.9 Å². The van der Waals surface area contributed by atoms with E-state index >= 15 is 0 Å². The van der Waals surface area contributed by atoms with Crippen LogP contribution in [-0.2, 0) is 0 Å². The van der Waals surface area contributed by atoms with Crippen LogP contribution in [0.1, 0.15) is 69.2 Å². The number of carbonyl (C=O) groups is 1. The van der Waals surface area contributed by atoms with Crippen LogP contribution in [0.25, 0.3) is 0 Å². The number of likely N-dealkylation sites (tertiary alicyclic amines) is 1. The maximum atomic E-state index is 13.0. The van der Waals surface area contributed by atoms with Crippen molar-refractivity contribution in [2.24, 2.45) is 0 Å². The lowest BCUT2D eigenvalue weighted by Crippen LogP contribution is -2.33. The molecule has 0 bridgehead atoms. The molecule has 29 heavy (non-hydrogen) atoms. The summed E-state index contributed by atoms with van der Waals surface area (Å²) in [6.07, 6.45) is 7.42. The Morgan fingerprint density at radius 1 is 1.14 bits per heavy atom. The van der Waals surface area contributed by atoms with E-state index in [-0.39, 0.29) is 16.5 Å². The van der Waals surface area contributed by atoms with Gasteiger partial charge in [0.05, 0.1) is 4.92 Å². The molecule has 0 saturated carbocycles. The number of anilines is 1. The van der Waals surface area contributed by atoms with E-state index < -0.39 is 0 Å². The van der Waals surface area contributed by atoms with Gasteiger partial charge in [0.25, 0.3) is 11.6 Å². The van der Waals surface area contributed by atoms with Gasteiger partial charge in [-0.1, -0.05) is 26.7 Å². The lowest BCUT2D eigenvalue weighted by Gasteiger charge is -2.23. The number of nitrogens with zero attached hydrogens (tertiary/aromatic N) is 3. The topological polar surface area (TPSA) is 78.7 Å². The standard InChI is InChI=1S/C22H36N4O3/c1-3-5-16-25(17-6-4-2)22(27)19-10-11-21(26(28)29)20(18-19)23-12-9-15-24-13-7-8-14-24/h10-11,18,23H,3-9,12-17H2,1-2H3. The number of unbranched alkanes of at least 4 members (excludes halogenated alkanes) is 2. The lowest BCUT2D eigenvalue weighted by atomic mass is 10.1. The molecule has 7 nitrogen and oxygen atoms in total. The molecule has 1 aromatic rings. The number of hydrogen-bond donors (Lipinski definition) is 1. The Hall–Kier alpha value is -2.15. The minimum absolute atomic E-state index is 0.0244. The average Bonchev–Trinajstić information content (AvgIpc) is 3.24. The number of rotatable bonds is 13. The van der Waals surface area contributed by atoms with Gasteiger partial charge in [-0.05, 0) is 63.9 Å². The highest BCUT2D eigenvalue weighted by Crippen LogP contribution is 2.26. The molecule has 0 aromatic heterocycles. The summed E-state index contributed by atoms with van der Waals surface area (Å²) in [6, 6.07) is 4.69. The van der Waals surface area contributed by atoms with Crippen molar-refractivity contribution in [2.45, 2.75) is 58.8 Å². The first-order valence-corrected chi connectivity index (χ1v) is 11.1. The normalized spacial score (nSPS) is 14.1. The molecule has 0 radical (unpaired) electrons. The van der Waals surface area contributed by atoms with Crippen molar-refractivity contribution in [2.75, 3.05) is 44.6 Å². The second kappa shape index (κ2) is 12.4. The number of nitrogens with one attached hydrogen (secondary N) is 1. The van der Waals surface area contributed by atoms with E-state index in [0.717, 1.165) is 64.8 Å². The summed E-state index contributed by atoms with van der Waals surface area (Å²) in [7, 11) is 0. The maximum Gasteiger partial charge on any atom is 0.292 e. The molecular weight excluding hydrogens is 368 g/mol. The van der Waals surface area contributed by atoms with Crippen molar-refractivity contribution in [3.63, 3.8) is 0 Å². The summed E-state index contributed by atoms with van der Waals surface area (Å²) >= 11 is 0. The van der Waals surface area contributed by atoms with Gasteiger partial charge in [0, 0.05) is 31.3 Å². The molecule has 1 aliphatic rings. The summed E-state index contributed by atoms with van der Waals surface area (Å²) in [5, 5.41) is 14.6. The monoisotopic (exact) mass is 404 g/mol. The van der Waals surface area contributed by atoms with Crippen molar-refractivity contribution < 1.29 is 9.72 Å². The Balaban J connectivity index is 2.05. The van der Waals surface area contributed by atoms with E-state index in [1.807, 2.05) is 4.90 Å². The molecule has 1 heterocycles. The van der Waals surface area contributed by atoms with Gasteiger partial charge >= 0.3 is 0 Å². The quantitative estimate of drug-likeness (QED) is 0.297. The number of carbonyl (C=O) groups excluding carboxylic acids is 1. The van der Waals surface area contributed by atoms with Gasteiger partial charge in [-0.3, -0.25) is 14.9 Å². The van der Waals surface area contributed by atoms with Crippen molar-refractivity contribution in [3.8, 4) is 0 Å². The third kappa shape index (κ3) is 7.31. The molecule has 0 spiro atoms. The van der Waals surface area contributed by atoms with Crippen molar-refractivity contribution >= 4 is 17.3 Å². The Morgan fingerprint density at radius 3 is 2.38 bits per heavy atom. The molecule has 1 aromatic carbocycles. The van der Waals surface area contributed by atoms with Gasteiger partial charge in [-0.2, -0.15) is 0 Å². The van der Waals surface area contributed by atoms with E-state index in [1.54, 1.807) is 12.1 Å². The molecule has 162 valence electrons. The Morgan fingerprint density at radius 2 is 1.79 bits per heavy atom. The summed E-state index contributed by atoms with van der Waals surface area (Å²) < 4.78 is 0. The van der Waals surface area contributed by atoms with Crippen LogP contribution in [0.5, 0.6) is 0 Å². The molecule has 1 saturated heterocycles. The second-order valence-electron chi connectivity index (χ2n) is 7.82. The number of amides is 1. The maximum absolute atomic E-state index is 13.0. The predicted octanol–water partition coefficient (Wildman–Crippen LogP) is 4.54. The van der Waals surface area contributed by atoms with Crippen LogP contribution in [-0.4, -0.2) is 59.9 Å². The first kappa shape index (κ1) is 23.1. The molecule has 1 fully saturated rings. The van der Waals surface area contributed by atoms with Gasteiger partial charge in [0.15, 0.2) is 0 Å². The number of nitro benzene ring substituents is 1. The van der Waals surface area contributed by atoms with Crippen molar-refractivity contribution in [3.05, 3.63) is 33.9 Å². The summed E-state index contributed by atoms with van der Waals surface area (Å²) in [6.45, 7) is 9.63. The summed E-state index contributed by atoms with van der Waals surface area (Å²) in [4.78, 5) is 28.4. The van der Waals surface area contributed by atoms with Crippen LogP contribution >= 0.6 is 0 Å². The minimum Gasteiger partial charge on any atom is -0.379 e. The predicted molar refractivity (Wildman–Crippen MR) is 118 cm³/mol. The first-order valence-electron chi connectivity index (χ1n) is 11.1. The fraction of sp³-hybridized carbons (Fsp3) is 0.682. The third-order valence-corrected chi connectivity index (χ3v) is 5.46. The minimum atomic E-state index is -0.386. The van der Waals surface area contributed by atoms with Gasteiger partial charge in [-0.15, -0.1) is 0 Å². The highest BCUT2D eigenvalue weighted by atomic mass is 16.6. The lowest BCUT2D eigenvalue weighted by molar-refractivity contribution is -0.384. The van der Waals surface area contributed by atoms with Crippen LogP contribution in [0.4, 0.5) is 11.4 Å². The zero-order valence-corrected chi connectivity index (χ0v) is 18.0. The molecule has 0 unspecified atom stereocenters. The van der Waals surface area contributed by atoms with Gasteiger partial charge < -0.3 is 15.1 Å². The van der Waals surface area contributed by atoms with Crippen LogP contribution in [0.3, 0.4) is 0 Å². The smallest absolute Gasteiger partial charge is 0.292 e. The van der Waals surface area contributed by atoms with E-state index in [2.05, 4.69) is 24.1 Å². The van der Waals surface area contributed by atoms with E-state index in [0.29, 0.717) is 17.8 Å². The molecule has 2 rings (SSSR count). The van der Waals surface area contributed by atoms with Crippen LogP contribution in [0.2, 0.25) is 0 Å². The van der Waals surface area contributed by atoms with E-state index in [9.17, 15) is 14.9 Å². The van der Waals surface area contributed by atoms with Gasteiger partial charge in [0.2, 0.25) is 0 Å². The molecule has 7 heteroatoms. The van der Waals surface area contributed by atoms with Gasteiger partial charge in [-0.25, -0.2) is 0 Å². The fourth-order valence-electron chi connectivity index (χ4n) is 3.70. The molecule has 1 N–H and O–H groups in total.